The lowest BCUT2D eigenvalue weighted by Gasteiger charge is -2.22. The number of likely N-dealkylation sites (N-methyl/N-ethyl adjacent to an activating group) is 1. The molecule has 0 radical (unpaired) electrons. The summed E-state index contributed by atoms with van der Waals surface area (Å²) in [5.74, 6) is -0.789. The van der Waals surface area contributed by atoms with Crippen molar-refractivity contribution in [1.82, 2.24) is 10.2 Å². The molecule has 0 aromatic heterocycles. The predicted octanol–water partition coefficient (Wildman–Crippen LogP) is 2.11. The van der Waals surface area contributed by atoms with Gasteiger partial charge >= 0.3 is 0 Å². The minimum absolute atomic E-state index is 0.0124. The standard InChI is InChI=1S/C14H16ClFN2O2/c1-2-18-11(6-7-12(18)19)14(20)17-8-9-4-3-5-10(15)13(9)16/h3-5,11H,2,6-8H2,1H3,(H,17,20)/t11-/m1/s1. The average molecular weight is 299 g/mol. The van der Waals surface area contributed by atoms with Crippen LogP contribution in [0.25, 0.3) is 0 Å². The maximum atomic E-state index is 13.7. The van der Waals surface area contributed by atoms with Gasteiger partial charge in [0.1, 0.15) is 11.9 Å². The number of benzene rings is 1. The van der Waals surface area contributed by atoms with Gasteiger partial charge in [-0.2, -0.15) is 0 Å². The molecule has 0 spiro atoms. The van der Waals surface area contributed by atoms with Crippen molar-refractivity contribution in [3.8, 4) is 0 Å². The molecule has 1 aromatic carbocycles. The van der Waals surface area contributed by atoms with Gasteiger partial charge < -0.3 is 10.2 Å². The molecule has 2 rings (SSSR count). The highest BCUT2D eigenvalue weighted by Gasteiger charge is 2.34. The zero-order chi connectivity index (χ0) is 14.7. The molecule has 1 aliphatic rings. The molecule has 6 heteroatoms. The topological polar surface area (TPSA) is 49.4 Å². The monoisotopic (exact) mass is 298 g/mol. The molecule has 20 heavy (non-hydrogen) atoms. The number of nitrogens with one attached hydrogen (secondary N) is 1. The van der Waals surface area contributed by atoms with Crippen molar-refractivity contribution in [2.75, 3.05) is 6.54 Å². The summed E-state index contributed by atoms with van der Waals surface area (Å²) < 4.78 is 13.7. The van der Waals surface area contributed by atoms with Gasteiger partial charge in [0.2, 0.25) is 11.8 Å². The Balaban J connectivity index is 1.99. The summed E-state index contributed by atoms with van der Waals surface area (Å²) in [5.41, 5.74) is 0.332. The van der Waals surface area contributed by atoms with Crippen LogP contribution in [0.5, 0.6) is 0 Å². The van der Waals surface area contributed by atoms with Gasteiger partial charge in [0.25, 0.3) is 0 Å². The Labute approximate surface area is 121 Å². The van der Waals surface area contributed by atoms with Gasteiger partial charge in [-0.1, -0.05) is 23.7 Å². The SMILES string of the molecule is CCN1C(=O)CC[C@@H]1C(=O)NCc1cccc(Cl)c1F. The number of likely N-dealkylation sites (tertiary alicyclic amines) is 1. The van der Waals surface area contributed by atoms with Crippen LogP contribution in [0, 0.1) is 5.82 Å². The predicted molar refractivity (Wildman–Crippen MR) is 73.7 cm³/mol. The molecule has 0 unspecified atom stereocenters. The number of carbonyl (C=O) groups excluding carboxylic acids is 2. The van der Waals surface area contributed by atoms with E-state index in [2.05, 4.69) is 5.32 Å². The van der Waals surface area contributed by atoms with Crippen LogP contribution in [-0.2, 0) is 16.1 Å². The first-order valence-electron chi connectivity index (χ1n) is 6.54. The fourth-order valence-electron chi connectivity index (χ4n) is 2.39. The highest BCUT2D eigenvalue weighted by Crippen LogP contribution is 2.20. The summed E-state index contributed by atoms with van der Waals surface area (Å²) in [4.78, 5) is 25.2. The van der Waals surface area contributed by atoms with E-state index in [1.54, 1.807) is 17.0 Å². The molecular weight excluding hydrogens is 283 g/mol. The second-order valence-corrected chi connectivity index (χ2v) is 5.07. The lowest BCUT2D eigenvalue weighted by molar-refractivity contribution is -0.135. The lowest BCUT2D eigenvalue weighted by Crippen LogP contribution is -2.44. The molecule has 1 aliphatic heterocycles. The van der Waals surface area contributed by atoms with E-state index < -0.39 is 11.9 Å². The molecule has 0 aliphatic carbocycles. The molecule has 4 nitrogen and oxygen atoms in total. The maximum absolute atomic E-state index is 13.7. The van der Waals surface area contributed by atoms with Crippen molar-refractivity contribution in [2.24, 2.45) is 0 Å². The molecule has 1 heterocycles. The Morgan fingerprint density at radius 1 is 1.55 bits per heavy atom. The van der Waals surface area contributed by atoms with E-state index in [0.29, 0.717) is 24.9 Å². The Kier molecular flexibility index (Phi) is 4.60. The van der Waals surface area contributed by atoms with Gasteiger partial charge in [-0.25, -0.2) is 4.39 Å². The average Bonchev–Trinajstić information content (AvgIpc) is 2.81. The van der Waals surface area contributed by atoms with Gasteiger partial charge in [-0.3, -0.25) is 9.59 Å². The first-order chi connectivity index (χ1) is 9.54. The third kappa shape index (κ3) is 2.93. The van der Waals surface area contributed by atoms with Gasteiger partial charge in [-0.15, -0.1) is 0 Å². The van der Waals surface area contributed by atoms with Crippen LogP contribution in [0.15, 0.2) is 18.2 Å². The molecule has 0 saturated carbocycles. The van der Waals surface area contributed by atoms with Crippen molar-refractivity contribution < 1.29 is 14.0 Å². The van der Waals surface area contributed by atoms with Crippen LogP contribution in [0.4, 0.5) is 4.39 Å². The molecular formula is C14H16ClFN2O2. The zero-order valence-electron chi connectivity index (χ0n) is 11.2. The normalized spacial score (nSPS) is 18.4. The molecule has 1 fully saturated rings. The zero-order valence-corrected chi connectivity index (χ0v) is 11.9. The Morgan fingerprint density at radius 3 is 3.00 bits per heavy atom. The van der Waals surface area contributed by atoms with E-state index in [4.69, 9.17) is 11.6 Å². The van der Waals surface area contributed by atoms with Crippen LogP contribution >= 0.6 is 11.6 Å². The van der Waals surface area contributed by atoms with E-state index in [-0.39, 0.29) is 23.4 Å². The number of amides is 2. The maximum Gasteiger partial charge on any atom is 0.243 e. The summed E-state index contributed by atoms with van der Waals surface area (Å²) >= 11 is 5.68. The highest BCUT2D eigenvalue weighted by molar-refractivity contribution is 6.30. The Hall–Kier alpha value is -1.62. The minimum atomic E-state index is -0.524. The number of carbonyl (C=O) groups is 2. The van der Waals surface area contributed by atoms with E-state index in [1.165, 1.54) is 6.07 Å². The summed E-state index contributed by atoms with van der Waals surface area (Å²) in [6.45, 7) is 2.40. The van der Waals surface area contributed by atoms with Crippen LogP contribution in [-0.4, -0.2) is 29.3 Å². The smallest absolute Gasteiger partial charge is 0.243 e. The summed E-state index contributed by atoms with van der Waals surface area (Å²) in [5, 5.41) is 2.69. The van der Waals surface area contributed by atoms with Crippen molar-refractivity contribution in [2.45, 2.75) is 32.4 Å². The third-order valence-corrected chi connectivity index (χ3v) is 3.75. The minimum Gasteiger partial charge on any atom is -0.350 e. The van der Waals surface area contributed by atoms with Crippen molar-refractivity contribution in [3.63, 3.8) is 0 Å². The van der Waals surface area contributed by atoms with E-state index >= 15 is 0 Å². The first-order valence-corrected chi connectivity index (χ1v) is 6.92. The second-order valence-electron chi connectivity index (χ2n) is 4.66. The number of hydrogen-bond acceptors (Lipinski definition) is 2. The van der Waals surface area contributed by atoms with Gasteiger partial charge in [0.05, 0.1) is 5.02 Å². The summed E-state index contributed by atoms with van der Waals surface area (Å²) in [6.07, 6.45) is 0.897. The molecule has 108 valence electrons. The molecule has 2 amide bonds. The van der Waals surface area contributed by atoms with Crippen molar-refractivity contribution >= 4 is 23.4 Å². The van der Waals surface area contributed by atoms with E-state index in [0.717, 1.165) is 0 Å². The molecule has 1 N–H and O–H groups in total. The third-order valence-electron chi connectivity index (χ3n) is 3.46. The quantitative estimate of drug-likeness (QED) is 0.925. The largest absolute Gasteiger partial charge is 0.350 e. The van der Waals surface area contributed by atoms with E-state index in [1.807, 2.05) is 6.92 Å². The summed E-state index contributed by atoms with van der Waals surface area (Å²) in [6, 6.07) is 4.20. The fraction of sp³-hybridized carbons (Fsp3) is 0.429. The molecule has 1 aromatic rings. The number of halogens is 2. The van der Waals surface area contributed by atoms with Crippen LogP contribution in [0.1, 0.15) is 25.3 Å². The summed E-state index contributed by atoms with van der Waals surface area (Å²) in [7, 11) is 0. The number of rotatable bonds is 4. The first kappa shape index (κ1) is 14.8. The van der Waals surface area contributed by atoms with E-state index in [9.17, 15) is 14.0 Å². The fourth-order valence-corrected chi connectivity index (χ4v) is 2.58. The Morgan fingerprint density at radius 2 is 2.30 bits per heavy atom. The van der Waals surface area contributed by atoms with Gasteiger partial charge in [0.15, 0.2) is 0 Å². The number of hydrogen-bond donors (Lipinski definition) is 1. The lowest BCUT2D eigenvalue weighted by atomic mass is 10.1. The highest BCUT2D eigenvalue weighted by atomic mass is 35.5. The number of nitrogens with zero attached hydrogens (tertiary/aromatic N) is 1. The van der Waals surface area contributed by atoms with Crippen molar-refractivity contribution in [3.05, 3.63) is 34.6 Å². The van der Waals surface area contributed by atoms with Crippen LogP contribution in [0.2, 0.25) is 5.02 Å². The second kappa shape index (κ2) is 6.22. The van der Waals surface area contributed by atoms with Crippen LogP contribution < -0.4 is 5.32 Å². The van der Waals surface area contributed by atoms with Crippen molar-refractivity contribution in [1.29, 1.82) is 0 Å². The Bertz CT molecular complexity index is 536. The van der Waals surface area contributed by atoms with Gasteiger partial charge in [-0.05, 0) is 19.4 Å². The van der Waals surface area contributed by atoms with Crippen LogP contribution in [0.3, 0.4) is 0 Å². The molecule has 1 saturated heterocycles. The molecule has 1 atom stereocenters. The molecule has 0 bridgehead atoms. The van der Waals surface area contributed by atoms with Gasteiger partial charge in [0, 0.05) is 25.1 Å².